The lowest BCUT2D eigenvalue weighted by atomic mass is 10.1. The van der Waals surface area contributed by atoms with E-state index in [1.54, 1.807) is 0 Å². The first-order chi connectivity index (χ1) is 7.65. The topological polar surface area (TPSA) is 62.3 Å². The highest BCUT2D eigenvalue weighted by Gasteiger charge is 2.51. The number of hydrogen-bond acceptors (Lipinski definition) is 4. The summed E-state index contributed by atoms with van der Waals surface area (Å²) in [5, 5.41) is 8.50. The number of hydrogen-bond donors (Lipinski definition) is 1. The highest BCUT2D eigenvalue weighted by Crippen LogP contribution is 2.39. The number of piperidine rings is 1. The molecule has 1 saturated heterocycles. The number of nitrogens with zero attached hydrogens (tertiary/aromatic N) is 2. The Hall–Kier alpha value is -0.630. The van der Waals surface area contributed by atoms with E-state index in [0.717, 1.165) is 13.0 Å². The van der Waals surface area contributed by atoms with Gasteiger partial charge in [-0.3, -0.25) is 4.90 Å². The highest BCUT2D eigenvalue weighted by molar-refractivity contribution is 5.08. The third-order valence-corrected chi connectivity index (χ3v) is 3.89. The van der Waals surface area contributed by atoms with Crippen LogP contribution in [0.4, 0.5) is 0 Å². The molecule has 4 nitrogen and oxygen atoms in total. The molecule has 0 spiro atoms. The Kier molecular flexibility index (Phi) is 3.48. The lowest BCUT2D eigenvalue weighted by molar-refractivity contribution is -0.0183. The molecule has 3 unspecified atom stereocenters. The van der Waals surface area contributed by atoms with Crippen molar-refractivity contribution in [2.45, 2.75) is 50.9 Å². The predicted octanol–water partition coefficient (Wildman–Crippen LogP) is 0.725. The maximum Gasteiger partial charge on any atom is 0.0749 e. The van der Waals surface area contributed by atoms with Gasteiger partial charge in [0, 0.05) is 18.6 Å². The van der Waals surface area contributed by atoms with Gasteiger partial charge < -0.3 is 10.5 Å². The van der Waals surface area contributed by atoms with Crippen LogP contribution in [-0.2, 0) is 4.74 Å². The summed E-state index contributed by atoms with van der Waals surface area (Å²) in [7, 11) is 0. The first-order valence-corrected chi connectivity index (χ1v) is 6.15. The standard InChI is InChI=1S/C12H21N3O/c1-8(2)15-7-9-6-10(12(15)11(9)14)16-5-3-4-13/h8-12H,3,5-7,14H2,1-2H3/t9?,10-,11?,12?/m0/s1. The van der Waals surface area contributed by atoms with Gasteiger partial charge in [-0.2, -0.15) is 5.26 Å². The molecule has 0 radical (unpaired) electrons. The summed E-state index contributed by atoms with van der Waals surface area (Å²) in [5.74, 6) is 0.583. The van der Waals surface area contributed by atoms with Gasteiger partial charge >= 0.3 is 0 Å². The van der Waals surface area contributed by atoms with Crippen LogP contribution in [-0.4, -0.2) is 42.3 Å². The maximum absolute atomic E-state index is 8.50. The summed E-state index contributed by atoms with van der Waals surface area (Å²) >= 11 is 0. The lowest BCUT2D eigenvalue weighted by Gasteiger charge is -2.35. The zero-order chi connectivity index (χ0) is 11.7. The van der Waals surface area contributed by atoms with Crippen molar-refractivity contribution in [1.82, 2.24) is 4.90 Å². The Morgan fingerprint density at radius 1 is 1.56 bits per heavy atom. The molecule has 2 rings (SSSR count). The fourth-order valence-electron chi connectivity index (χ4n) is 3.12. The van der Waals surface area contributed by atoms with E-state index in [1.165, 1.54) is 0 Å². The van der Waals surface area contributed by atoms with E-state index < -0.39 is 0 Å². The monoisotopic (exact) mass is 223 g/mol. The molecule has 0 aromatic rings. The quantitative estimate of drug-likeness (QED) is 0.714. The second-order valence-electron chi connectivity index (χ2n) is 5.17. The van der Waals surface area contributed by atoms with Crippen LogP contribution >= 0.6 is 0 Å². The van der Waals surface area contributed by atoms with Crippen LogP contribution in [0.3, 0.4) is 0 Å². The summed E-state index contributed by atoms with van der Waals surface area (Å²) in [6.45, 7) is 6.07. The minimum atomic E-state index is 0.240. The molecule has 1 saturated carbocycles. The summed E-state index contributed by atoms with van der Waals surface area (Å²) in [4.78, 5) is 2.45. The Morgan fingerprint density at radius 3 is 2.88 bits per heavy atom. The van der Waals surface area contributed by atoms with E-state index >= 15 is 0 Å². The predicted molar refractivity (Wildman–Crippen MR) is 61.7 cm³/mol. The summed E-state index contributed by atoms with van der Waals surface area (Å²) in [5.41, 5.74) is 6.22. The fourth-order valence-corrected chi connectivity index (χ4v) is 3.12. The third-order valence-electron chi connectivity index (χ3n) is 3.89. The first-order valence-electron chi connectivity index (χ1n) is 6.15. The molecular weight excluding hydrogens is 202 g/mol. The second-order valence-corrected chi connectivity index (χ2v) is 5.17. The molecule has 90 valence electrons. The van der Waals surface area contributed by atoms with Crippen molar-refractivity contribution >= 4 is 0 Å². The molecule has 2 fully saturated rings. The van der Waals surface area contributed by atoms with Crippen LogP contribution < -0.4 is 5.73 Å². The average Bonchev–Trinajstić information content (AvgIpc) is 2.72. The molecule has 2 bridgehead atoms. The number of nitrogens with two attached hydrogens (primary N) is 1. The Labute approximate surface area is 97.3 Å². The molecule has 2 aliphatic rings. The van der Waals surface area contributed by atoms with Gasteiger partial charge in [-0.05, 0) is 26.2 Å². The van der Waals surface area contributed by atoms with Gasteiger partial charge in [0.1, 0.15) is 0 Å². The Balaban J connectivity index is 1.95. The van der Waals surface area contributed by atoms with E-state index in [-0.39, 0.29) is 12.1 Å². The Bertz CT molecular complexity index is 286. The van der Waals surface area contributed by atoms with E-state index in [2.05, 4.69) is 24.8 Å². The number of nitriles is 1. The minimum Gasteiger partial charge on any atom is -0.375 e. The molecule has 0 aromatic carbocycles. The molecule has 1 aliphatic carbocycles. The fraction of sp³-hybridized carbons (Fsp3) is 0.917. The SMILES string of the molecule is CC(C)N1CC2C[C@H](OCCC#N)C1C2N. The van der Waals surface area contributed by atoms with Crippen molar-refractivity contribution in [3.05, 3.63) is 0 Å². The van der Waals surface area contributed by atoms with Crippen LogP contribution in [0.25, 0.3) is 0 Å². The van der Waals surface area contributed by atoms with Crippen LogP contribution in [0.2, 0.25) is 0 Å². The smallest absolute Gasteiger partial charge is 0.0749 e. The van der Waals surface area contributed by atoms with Crippen molar-refractivity contribution in [2.75, 3.05) is 13.2 Å². The zero-order valence-electron chi connectivity index (χ0n) is 10.1. The minimum absolute atomic E-state index is 0.240. The molecule has 0 aromatic heterocycles. The number of rotatable bonds is 4. The Morgan fingerprint density at radius 2 is 2.31 bits per heavy atom. The van der Waals surface area contributed by atoms with E-state index in [9.17, 15) is 0 Å². The molecule has 1 heterocycles. The summed E-state index contributed by atoms with van der Waals surface area (Å²) < 4.78 is 5.78. The van der Waals surface area contributed by atoms with Gasteiger partial charge in [0.05, 0.1) is 31.2 Å². The lowest BCUT2D eigenvalue weighted by Crippen LogP contribution is -2.49. The normalized spacial score (nSPS) is 38.2. The third kappa shape index (κ3) is 1.95. The second kappa shape index (κ2) is 4.70. The molecule has 0 amide bonds. The van der Waals surface area contributed by atoms with Crippen LogP contribution in [0, 0.1) is 17.2 Å². The largest absolute Gasteiger partial charge is 0.375 e. The van der Waals surface area contributed by atoms with Crippen molar-refractivity contribution in [3.8, 4) is 6.07 Å². The highest BCUT2D eigenvalue weighted by atomic mass is 16.5. The van der Waals surface area contributed by atoms with Crippen molar-refractivity contribution in [1.29, 1.82) is 5.26 Å². The van der Waals surface area contributed by atoms with Gasteiger partial charge in [0.2, 0.25) is 0 Å². The summed E-state index contributed by atoms with van der Waals surface area (Å²) in [6.07, 6.45) is 1.79. The molecule has 4 heteroatoms. The molecular formula is C12H21N3O. The van der Waals surface area contributed by atoms with Gasteiger partial charge in [-0.25, -0.2) is 0 Å². The zero-order valence-corrected chi connectivity index (χ0v) is 10.1. The van der Waals surface area contributed by atoms with E-state index in [0.29, 0.717) is 31.0 Å². The van der Waals surface area contributed by atoms with Crippen molar-refractivity contribution in [2.24, 2.45) is 11.7 Å². The van der Waals surface area contributed by atoms with Crippen LogP contribution in [0.1, 0.15) is 26.7 Å². The van der Waals surface area contributed by atoms with Crippen LogP contribution in [0.5, 0.6) is 0 Å². The maximum atomic E-state index is 8.50. The van der Waals surface area contributed by atoms with E-state index in [4.69, 9.17) is 15.7 Å². The van der Waals surface area contributed by atoms with Gasteiger partial charge in [-0.15, -0.1) is 0 Å². The number of likely N-dealkylation sites (tertiary alicyclic amines) is 1. The average molecular weight is 223 g/mol. The van der Waals surface area contributed by atoms with Gasteiger partial charge in [-0.1, -0.05) is 0 Å². The van der Waals surface area contributed by atoms with Crippen molar-refractivity contribution < 1.29 is 4.74 Å². The number of fused-ring (bicyclic) bond motifs is 2. The summed E-state index contributed by atoms with van der Waals surface area (Å²) in [6, 6.07) is 3.27. The van der Waals surface area contributed by atoms with E-state index in [1.807, 2.05) is 0 Å². The van der Waals surface area contributed by atoms with Gasteiger partial charge in [0.25, 0.3) is 0 Å². The number of ether oxygens (including phenoxy) is 1. The van der Waals surface area contributed by atoms with Crippen LogP contribution in [0.15, 0.2) is 0 Å². The molecule has 4 atom stereocenters. The molecule has 1 aliphatic heterocycles. The van der Waals surface area contributed by atoms with Gasteiger partial charge in [0.15, 0.2) is 0 Å². The molecule has 2 N–H and O–H groups in total. The molecule has 16 heavy (non-hydrogen) atoms. The van der Waals surface area contributed by atoms with Crippen molar-refractivity contribution in [3.63, 3.8) is 0 Å². The first kappa shape index (κ1) is 11.8.